The summed E-state index contributed by atoms with van der Waals surface area (Å²) >= 11 is 0. The van der Waals surface area contributed by atoms with Gasteiger partial charge >= 0.3 is 0 Å². The Morgan fingerprint density at radius 3 is 1.97 bits per heavy atom. The first kappa shape index (κ1) is 23.8. The van der Waals surface area contributed by atoms with Crippen LogP contribution >= 0.6 is 0 Å². The van der Waals surface area contributed by atoms with Crippen molar-refractivity contribution in [3.8, 4) is 11.5 Å². The van der Waals surface area contributed by atoms with Gasteiger partial charge in [-0.15, -0.1) is 0 Å². The fourth-order valence-corrected chi connectivity index (χ4v) is 3.77. The molecule has 1 heterocycles. The molecule has 3 aromatic carbocycles. The summed E-state index contributed by atoms with van der Waals surface area (Å²) in [6.07, 6.45) is 0. The Hall–Kier alpha value is -4.39. The number of amides is 2. The van der Waals surface area contributed by atoms with Crippen LogP contribution in [0.25, 0.3) is 10.9 Å². The summed E-state index contributed by atoms with van der Waals surface area (Å²) < 4.78 is 11.6. The molecule has 7 nitrogen and oxygen atoms in total. The summed E-state index contributed by atoms with van der Waals surface area (Å²) in [5.41, 5.74) is 3.41. The van der Waals surface area contributed by atoms with Crippen molar-refractivity contribution in [3.05, 3.63) is 89.6 Å². The molecule has 2 N–H and O–H groups in total. The third-order valence-corrected chi connectivity index (χ3v) is 5.30. The number of carbonyl (C=O) groups is 2. The van der Waals surface area contributed by atoms with Crippen LogP contribution in [0.5, 0.6) is 11.5 Å². The quantitative estimate of drug-likeness (QED) is 0.338. The van der Waals surface area contributed by atoms with E-state index in [0.29, 0.717) is 47.2 Å². The zero-order valence-corrected chi connectivity index (χ0v) is 19.9. The van der Waals surface area contributed by atoms with Gasteiger partial charge in [-0.1, -0.05) is 36.4 Å². The zero-order chi connectivity index (χ0) is 24.8. The van der Waals surface area contributed by atoms with Crippen LogP contribution in [0.1, 0.15) is 40.3 Å². The predicted molar refractivity (Wildman–Crippen MR) is 138 cm³/mol. The van der Waals surface area contributed by atoms with Gasteiger partial charge in [0.2, 0.25) is 0 Å². The highest BCUT2D eigenvalue weighted by atomic mass is 16.5. The molecule has 0 atom stereocenters. The second-order valence-electron chi connectivity index (χ2n) is 7.81. The third kappa shape index (κ3) is 5.41. The van der Waals surface area contributed by atoms with Crippen molar-refractivity contribution in [2.24, 2.45) is 0 Å². The lowest BCUT2D eigenvalue weighted by atomic mass is 10.1. The van der Waals surface area contributed by atoms with Gasteiger partial charge < -0.3 is 20.1 Å². The molecule has 0 spiro atoms. The first-order chi connectivity index (χ1) is 17.0. The molecule has 2 amide bonds. The number of ether oxygens (including phenoxy) is 2. The molecule has 0 aliphatic heterocycles. The smallest absolute Gasteiger partial charge is 0.256 e. The Bertz CT molecular complexity index is 1370. The molecule has 0 unspecified atom stereocenters. The van der Waals surface area contributed by atoms with Gasteiger partial charge in [-0.2, -0.15) is 0 Å². The van der Waals surface area contributed by atoms with Gasteiger partial charge in [0.05, 0.1) is 35.7 Å². The second kappa shape index (κ2) is 10.7. The molecule has 178 valence electrons. The Labute approximate surface area is 204 Å². The number of fused-ring (bicyclic) bond motifs is 1. The number of pyridine rings is 1. The maximum Gasteiger partial charge on any atom is 0.256 e. The van der Waals surface area contributed by atoms with Crippen LogP contribution in [0.4, 0.5) is 11.4 Å². The first-order valence-corrected chi connectivity index (χ1v) is 11.5. The highest BCUT2D eigenvalue weighted by Gasteiger charge is 2.19. The molecule has 35 heavy (non-hydrogen) atoms. The topological polar surface area (TPSA) is 89.6 Å². The Morgan fingerprint density at radius 1 is 0.771 bits per heavy atom. The van der Waals surface area contributed by atoms with Crippen LogP contribution < -0.4 is 20.1 Å². The van der Waals surface area contributed by atoms with E-state index in [0.717, 1.165) is 16.6 Å². The fourth-order valence-electron chi connectivity index (χ4n) is 3.77. The maximum atomic E-state index is 13.3. The van der Waals surface area contributed by atoms with Crippen molar-refractivity contribution in [3.63, 3.8) is 0 Å². The summed E-state index contributed by atoms with van der Waals surface area (Å²) in [5.74, 6) is 0.273. The number of nitrogens with zero attached hydrogens (tertiary/aromatic N) is 1. The standard InChI is InChI=1S/C28H27N3O4/c1-4-34-25-17-24(31-28(33)21-15-18(3)29-22-14-10-9-13-20(21)22)26(35-5-2)16-23(25)30-27(32)19-11-7-6-8-12-19/h6-17H,4-5H2,1-3H3,(H,30,32)(H,31,33). The van der Waals surface area contributed by atoms with Crippen molar-refractivity contribution in [2.45, 2.75) is 20.8 Å². The van der Waals surface area contributed by atoms with E-state index in [1.807, 2.05) is 51.1 Å². The van der Waals surface area contributed by atoms with Crippen LogP contribution in [0.2, 0.25) is 0 Å². The molecular formula is C28H27N3O4. The minimum atomic E-state index is -0.295. The summed E-state index contributed by atoms with van der Waals surface area (Å²) in [6.45, 7) is 6.31. The van der Waals surface area contributed by atoms with Crippen LogP contribution in [0.15, 0.2) is 72.8 Å². The van der Waals surface area contributed by atoms with Gasteiger partial charge in [0.1, 0.15) is 11.5 Å². The van der Waals surface area contributed by atoms with E-state index in [9.17, 15) is 9.59 Å². The molecule has 4 rings (SSSR count). The number of aryl methyl sites for hydroxylation is 1. The molecule has 4 aromatic rings. The fraction of sp³-hybridized carbons (Fsp3) is 0.179. The monoisotopic (exact) mass is 469 g/mol. The van der Waals surface area contributed by atoms with Gasteiger partial charge in [0, 0.05) is 28.8 Å². The van der Waals surface area contributed by atoms with Crippen LogP contribution in [0.3, 0.4) is 0 Å². The molecule has 0 saturated heterocycles. The van der Waals surface area contributed by atoms with E-state index in [2.05, 4.69) is 15.6 Å². The zero-order valence-electron chi connectivity index (χ0n) is 19.9. The van der Waals surface area contributed by atoms with Gasteiger partial charge in [-0.3, -0.25) is 14.6 Å². The second-order valence-corrected chi connectivity index (χ2v) is 7.81. The maximum absolute atomic E-state index is 13.3. The van der Waals surface area contributed by atoms with Crippen LogP contribution in [-0.4, -0.2) is 30.0 Å². The summed E-state index contributed by atoms with van der Waals surface area (Å²) in [5, 5.41) is 6.60. The van der Waals surface area contributed by atoms with Gasteiger partial charge in [-0.05, 0) is 45.0 Å². The largest absolute Gasteiger partial charge is 0.492 e. The molecule has 0 fully saturated rings. The number of rotatable bonds is 8. The Kier molecular flexibility index (Phi) is 7.26. The summed E-state index contributed by atoms with van der Waals surface area (Å²) in [6, 6.07) is 21.5. The van der Waals surface area contributed by atoms with Crippen molar-refractivity contribution in [2.75, 3.05) is 23.8 Å². The number of anilines is 2. The molecule has 1 aromatic heterocycles. The lowest BCUT2D eigenvalue weighted by Crippen LogP contribution is -2.16. The lowest BCUT2D eigenvalue weighted by Gasteiger charge is -2.18. The Balaban J connectivity index is 1.70. The number of hydrogen-bond donors (Lipinski definition) is 2. The van der Waals surface area contributed by atoms with E-state index in [4.69, 9.17) is 9.47 Å². The molecular weight excluding hydrogens is 442 g/mol. The average Bonchev–Trinajstić information content (AvgIpc) is 2.86. The van der Waals surface area contributed by atoms with Crippen molar-refractivity contribution >= 4 is 34.1 Å². The van der Waals surface area contributed by atoms with Gasteiger partial charge in [-0.25, -0.2) is 0 Å². The van der Waals surface area contributed by atoms with Crippen molar-refractivity contribution in [1.29, 1.82) is 0 Å². The third-order valence-electron chi connectivity index (χ3n) is 5.30. The van der Waals surface area contributed by atoms with E-state index in [1.165, 1.54) is 0 Å². The van der Waals surface area contributed by atoms with E-state index in [1.54, 1.807) is 42.5 Å². The number of carbonyl (C=O) groups excluding carboxylic acids is 2. The molecule has 0 radical (unpaired) electrons. The number of aromatic nitrogens is 1. The van der Waals surface area contributed by atoms with Crippen molar-refractivity contribution in [1.82, 2.24) is 4.98 Å². The number of benzene rings is 3. The predicted octanol–water partition coefficient (Wildman–Crippen LogP) is 5.85. The van der Waals surface area contributed by atoms with Crippen LogP contribution in [0, 0.1) is 6.92 Å². The SMILES string of the molecule is CCOc1cc(NC(=O)c2cc(C)nc3ccccc23)c(OCC)cc1NC(=O)c1ccccc1. The van der Waals surface area contributed by atoms with Crippen LogP contribution in [-0.2, 0) is 0 Å². The highest BCUT2D eigenvalue weighted by molar-refractivity contribution is 6.13. The summed E-state index contributed by atoms with van der Waals surface area (Å²) in [4.78, 5) is 30.6. The molecule has 0 saturated carbocycles. The lowest BCUT2D eigenvalue weighted by molar-refractivity contribution is 0.101. The molecule has 7 heteroatoms. The molecule has 0 aliphatic rings. The summed E-state index contributed by atoms with van der Waals surface area (Å²) in [7, 11) is 0. The minimum Gasteiger partial charge on any atom is -0.492 e. The number of para-hydroxylation sites is 1. The van der Waals surface area contributed by atoms with Gasteiger partial charge in [0.15, 0.2) is 0 Å². The van der Waals surface area contributed by atoms with Gasteiger partial charge in [0.25, 0.3) is 11.8 Å². The molecule has 0 aliphatic carbocycles. The number of nitrogens with one attached hydrogen (secondary N) is 2. The number of hydrogen-bond acceptors (Lipinski definition) is 5. The minimum absolute atomic E-state index is 0.274. The highest BCUT2D eigenvalue weighted by Crippen LogP contribution is 2.37. The normalized spacial score (nSPS) is 10.6. The average molecular weight is 470 g/mol. The first-order valence-electron chi connectivity index (χ1n) is 11.5. The Morgan fingerprint density at radius 2 is 1.34 bits per heavy atom. The van der Waals surface area contributed by atoms with E-state index >= 15 is 0 Å². The van der Waals surface area contributed by atoms with Crippen molar-refractivity contribution < 1.29 is 19.1 Å². The van der Waals surface area contributed by atoms with E-state index < -0.39 is 0 Å². The van der Waals surface area contributed by atoms with E-state index in [-0.39, 0.29) is 11.8 Å². The molecule has 0 bridgehead atoms.